The molecule has 0 aliphatic rings. The zero-order valence-electron chi connectivity index (χ0n) is 11.3. The zero-order chi connectivity index (χ0) is 13.9. The molecule has 1 aromatic heterocycles. The van der Waals surface area contributed by atoms with Gasteiger partial charge in [0.15, 0.2) is 6.29 Å². The van der Waals surface area contributed by atoms with E-state index in [0.717, 1.165) is 23.0 Å². The summed E-state index contributed by atoms with van der Waals surface area (Å²) in [4.78, 5) is 14.6. The third-order valence-electron chi connectivity index (χ3n) is 3.52. The number of aldehydes is 1. The number of para-hydroxylation sites is 1. The molecule has 100 valence electrons. The minimum atomic E-state index is 0.128. The molecule has 1 atom stereocenters. The fourth-order valence-corrected chi connectivity index (χ4v) is 2.44. The number of H-pyrrole nitrogens is 1. The molecule has 0 aliphatic heterocycles. The lowest BCUT2D eigenvalue weighted by atomic mass is 10.1. The summed E-state index contributed by atoms with van der Waals surface area (Å²) in [6.45, 7) is 2.08. The molecule has 0 fully saturated rings. The normalized spacial score (nSPS) is 12.2. The summed E-state index contributed by atoms with van der Waals surface area (Å²) in [7, 11) is 0. The van der Waals surface area contributed by atoms with Crippen LogP contribution in [-0.4, -0.2) is 11.3 Å². The smallest absolute Gasteiger partial charge is 0.154 e. The van der Waals surface area contributed by atoms with Crippen molar-refractivity contribution in [2.45, 2.75) is 13.0 Å². The van der Waals surface area contributed by atoms with Crippen molar-refractivity contribution in [1.82, 2.24) is 4.98 Å². The van der Waals surface area contributed by atoms with Crippen LogP contribution in [0.2, 0.25) is 0 Å². The highest BCUT2D eigenvalue weighted by Gasteiger charge is 2.13. The van der Waals surface area contributed by atoms with Crippen LogP contribution in [0.1, 0.15) is 28.9 Å². The van der Waals surface area contributed by atoms with Gasteiger partial charge in [-0.3, -0.25) is 4.79 Å². The number of hydrogen-bond acceptors (Lipinski definition) is 2. The maximum atomic E-state index is 11.4. The Morgan fingerprint density at radius 1 is 1.05 bits per heavy atom. The van der Waals surface area contributed by atoms with Gasteiger partial charge in [0, 0.05) is 16.9 Å². The molecule has 0 amide bonds. The van der Waals surface area contributed by atoms with E-state index >= 15 is 0 Å². The molecule has 20 heavy (non-hydrogen) atoms. The van der Waals surface area contributed by atoms with Gasteiger partial charge in [0.1, 0.15) is 5.82 Å². The Hall–Kier alpha value is -2.55. The van der Waals surface area contributed by atoms with Crippen LogP contribution in [0.3, 0.4) is 0 Å². The first kappa shape index (κ1) is 12.5. The Bertz CT molecular complexity index is 731. The standard InChI is InChI=1S/C17H16N2O/c1-12(13-7-3-2-4-8-13)18-17-15(11-20)14-9-5-6-10-16(14)19-17/h2-12,18-19H,1H3. The van der Waals surface area contributed by atoms with Crippen LogP contribution in [-0.2, 0) is 0 Å². The van der Waals surface area contributed by atoms with E-state index in [1.807, 2.05) is 42.5 Å². The molecule has 0 aliphatic carbocycles. The highest BCUT2D eigenvalue weighted by molar-refractivity contribution is 6.03. The number of carbonyl (C=O) groups is 1. The number of hydrogen-bond donors (Lipinski definition) is 2. The maximum Gasteiger partial charge on any atom is 0.154 e. The predicted molar refractivity (Wildman–Crippen MR) is 82.2 cm³/mol. The molecule has 1 unspecified atom stereocenters. The number of rotatable bonds is 4. The predicted octanol–water partition coefficient (Wildman–Crippen LogP) is 4.15. The first-order valence-corrected chi connectivity index (χ1v) is 6.67. The summed E-state index contributed by atoms with van der Waals surface area (Å²) in [5, 5.41) is 4.33. The second-order valence-corrected chi connectivity index (χ2v) is 4.85. The first-order chi connectivity index (χ1) is 9.79. The van der Waals surface area contributed by atoms with Crippen LogP contribution in [0.4, 0.5) is 5.82 Å². The van der Waals surface area contributed by atoms with Gasteiger partial charge in [0.2, 0.25) is 0 Å². The van der Waals surface area contributed by atoms with Crippen LogP contribution in [0, 0.1) is 0 Å². The summed E-state index contributed by atoms with van der Waals surface area (Å²) >= 11 is 0. The molecule has 1 heterocycles. The number of fused-ring (bicyclic) bond motifs is 1. The van der Waals surface area contributed by atoms with Crippen molar-refractivity contribution in [3.63, 3.8) is 0 Å². The van der Waals surface area contributed by atoms with Gasteiger partial charge >= 0.3 is 0 Å². The Labute approximate surface area is 117 Å². The topological polar surface area (TPSA) is 44.9 Å². The lowest BCUT2D eigenvalue weighted by Gasteiger charge is -2.14. The van der Waals surface area contributed by atoms with Crippen molar-refractivity contribution in [3.05, 3.63) is 65.7 Å². The van der Waals surface area contributed by atoms with Gasteiger partial charge in [-0.2, -0.15) is 0 Å². The summed E-state index contributed by atoms with van der Waals surface area (Å²) in [6.07, 6.45) is 0.902. The van der Waals surface area contributed by atoms with Crippen LogP contribution in [0.25, 0.3) is 10.9 Å². The van der Waals surface area contributed by atoms with Gasteiger partial charge in [-0.25, -0.2) is 0 Å². The van der Waals surface area contributed by atoms with Crippen molar-refractivity contribution in [1.29, 1.82) is 0 Å². The molecule has 0 radical (unpaired) electrons. The highest BCUT2D eigenvalue weighted by Crippen LogP contribution is 2.27. The second-order valence-electron chi connectivity index (χ2n) is 4.85. The van der Waals surface area contributed by atoms with Crippen molar-refractivity contribution in [3.8, 4) is 0 Å². The fourth-order valence-electron chi connectivity index (χ4n) is 2.44. The van der Waals surface area contributed by atoms with E-state index in [9.17, 15) is 4.79 Å². The lowest BCUT2D eigenvalue weighted by molar-refractivity contribution is 0.112. The van der Waals surface area contributed by atoms with Gasteiger partial charge < -0.3 is 10.3 Å². The van der Waals surface area contributed by atoms with E-state index in [4.69, 9.17) is 0 Å². The largest absolute Gasteiger partial charge is 0.364 e. The zero-order valence-corrected chi connectivity index (χ0v) is 11.3. The van der Waals surface area contributed by atoms with Gasteiger partial charge in [-0.05, 0) is 18.6 Å². The van der Waals surface area contributed by atoms with E-state index in [0.29, 0.717) is 5.56 Å². The summed E-state index contributed by atoms with van der Waals surface area (Å²) < 4.78 is 0. The Morgan fingerprint density at radius 2 is 1.75 bits per heavy atom. The van der Waals surface area contributed by atoms with Gasteiger partial charge in [0.25, 0.3) is 0 Å². The molecule has 0 saturated heterocycles. The van der Waals surface area contributed by atoms with Gasteiger partial charge in [-0.15, -0.1) is 0 Å². The summed E-state index contributed by atoms with van der Waals surface area (Å²) in [6, 6.07) is 18.1. The van der Waals surface area contributed by atoms with Crippen LogP contribution >= 0.6 is 0 Å². The second kappa shape index (κ2) is 5.21. The quantitative estimate of drug-likeness (QED) is 0.695. The van der Waals surface area contributed by atoms with E-state index in [2.05, 4.69) is 29.4 Å². The average Bonchev–Trinajstić information content (AvgIpc) is 2.85. The molecule has 2 aromatic carbocycles. The van der Waals surface area contributed by atoms with Crippen LogP contribution in [0.5, 0.6) is 0 Å². The van der Waals surface area contributed by atoms with Crippen molar-refractivity contribution in [2.24, 2.45) is 0 Å². The number of aromatic amines is 1. The third-order valence-corrected chi connectivity index (χ3v) is 3.52. The molecule has 3 nitrogen and oxygen atoms in total. The van der Waals surface area contributed by atoms with E-state index in [1.54, 1.807) is 0 Å². The lowest BCUT2D eigenvalue weighted by Crippen LogP contribution is -2.08. The molecule has 3 rings (SSSR count). The van der Waals surface area contributed by atoms with Crippen molar-refractivity contribution < 1.29 is 4.79 Å². The number of aromatic nitrogens is 1. The highest BCUT2D eigenvalue weighted by atomic mass is 16.1. The number of benzene rings is 2. The summed E-state index contributed by atoms with van der Waals surface area (Å²) in [5.74, 6) is 0.776. The number of anilines is 1. The molecule has 2 N–H and O–H groups in total. The fraction of sp³-hybridized carbons (Fsp3) is 0.118. The minimum absolute atomic E-state index is 0.128. The van der Waals surface area contributed by atoms with E-state index in [-0.39, 0.29) is 6.04 Å². The molecule has 0 spiro atoms. The Morgan fingerprint density at radius 3 is 2.50 bits per heavy atom. The van der Waals surface area contributed by atoms with Crippen LogP contribution < -0.4 is 5.32 Å². The first-order valence-electron chi connectivity index (χ1n) is 6.67. The van der Waals surface area contributed by atoms with Crippen molar-refractivity contribution >= 4 is 23.0 Å². The number of carbonyl (C=O) groups excluding carboxylic acids is 1. The van der Waals surface area contributed by atoms with E-state index in [1.165, 1.54) is 5.56 Å². The third kappa shape index (κ3) is 2.18. The SMILES string of the molecule is CC(Nc1[nH]c2ccccc2c1C=O)c1ccccc1. The molecule has 0 saturated carbocycles. The summed E-state index contributed by atoms with van der Waals surface area (Å²) in [5.41, 5.74) is 2.84. The van der Waals surface area contributed by atoms with E-state index < -0.39 is 0 Å². The monoisotopic (exact) mass is 264 g/mol. The molecular formula is C17H16N2O. The minimum Gasteiger partial charge on any atom is -0.364 e. The maximum absolute atomic E-state index is 11.4. The molecular weight excluding hydrogens is 248 g/mol. The van der Waals surface area contributed by atoms with Crippen molar-refractivity contribution in [2.75, 3.05) is 5.32 Å². The Balaban J connectivity index is 1.96. The van der Waals surface area contributed by atoms with Gasteiger partial charge in [0.05, 0.1) is 5.56 Å². The average molecular weight is 264 g/mol. The van der Waals surface area contributed by atoms with Crippen LogP contribution in [0.15, 0.2) is 54.6 Å². The van der Waals surface area contributed by atoms with Gasteiger partial charge in [-0.1, -0.05) is 48.5 Å². The molecule has 3 heteroatoms. The Kier molecular flexibility index (Phi) is 3.25. The number of nitrogens with one attached hydrogen (secondary N) is 2. The molecule has 3 aromatic rings. The molecule has 0 bridgehead atoms.